The topological polar surface area (TPSA) is 41.6 Å². The maximum atomic E-state index is 8.76. The van der Waals surface area contributed by atoms with Crippen LogP contribution in [0.1, 0.15) is 16.7 Å². The van der Waals surface area contributed by atoms with Gasteiger partial charge in [-0.05, 0) is 43.2 Å². The number of nitrogens with zero attached hydrogens (tertiary/aromatic N) is 3. The van der Waals surface area contributed by atoms with Gasteiger partial charge in [0.2, 0.25) is 0 Å². The van der Waals surface area contributed by atoms with E-state index in [0.717, 1.165) is 16.8 Å². The molecule has 2 aromatic rings. The number of hydrogen-bond donors (Lipinski definition) is 0. The van der Waals surface area contributed by atoms with E-state index in [9.17, 15) is 0 Å². The molecular weight excluding hydrogens is 186 g/mol. The number of benzene rings is 1. The van der Waals surface area contributed by atoms with Gasteiger partial charge in [0.1, 0.15) is 0 Å². The standard InChI is InChI=1S/C12H11N3/c1-9-7-14-15(8-9)12-4-3-11(6-13)5-10(12)2/h3-5,7-8H,1-2H3. The molecule has 0 unspecified atom stereocenters. The lowest BCUT2D eigenvalue weighted by molar-refractivity contribution is 0.872. The summed E-state index contributed by atoms with van der Waals surface area (Å²) >= 11 is 0. The zero-order valence-corrected chi connectivity index (χ0v) is 8.73. The van der Waals surface area contributed by atoms with Crippen LogP contribution in [0.4, 0.5) is 0 Å². The Morgan fingerprint density at radius 1 is 1.33 bits per heavy atom. The van der Waals surface area contributed by atoms with E-state index in [1.54, 1.807) is 6.07 Å². The summed E-state index contributed by atoms with van der Waals surface area (Å²) in [6, 6.07) is 7.71. The lowest BCUT2D eigenvalue weighted by Crippen LogP contribution is -1.97. The predicted molar refractivity (Wildman–Crippen MR) is 57.8 cm³/mol. The van der Waals surface area contributed by atoms with E-state index < -0.39 is 0 Å². The highest BCUT2D eigenvalue weighted by Crippen LogP contribution is 2.15. The first-order chi connectivity index (χ1) is 7.20. The number of hydrogen-bond acceptors (Lipinski definition) is 2. The van der Waals surface area contributed by atoms with E-state index in [-0.39, 0.29) is 0 Å². The number of aryl methyl sites for hydroxylation is 2. The van der Waals surface area contributed by atoms with Crippen LogP contribution < -0.4 is 0 Å². The molecule has 3 heteroatoms. The van der Waals surface area contributed by atoms with Crippen LogP contribution in [0.25, 0.3) is 5.69 Å². The Kier molecular flexibility index (Phi) is 2.26. The minimum absolute atomic E-state index is 0.681. The Labute approximate surface area is 88.6 Å². The highest BCUT2D eigenvalue weighted by atomic mass is 15.3. The van der Waals surface area contributed by atoms with E-state index in [2.05, 4.69) is 11.2 Å². The molecular formula is C12H11N3. The fraction of sp³-hybridized carbons (Fsp3) is 0.167. The second kappa shape index (κ2) is 3.58. The minimum atomic E-state index is 0.681. The van der Waals surface area contributed by atoms with Crippen molar-refractivity contribution in [1.82, 2.24) is 9.78 Å². The van der Waals surface area contributed by atoms with Crippen molar-refractivity contribution < 1.29 is 0 Å². The van der Waals surface area contributed by atoms with Gasteiger partial charge in [0.05, 0.1) is 23.5 Å². The van der Waals surface area contributed by atoms with E-state index in [4.69, 9.17) is 5.26 Å². The lowest BCUT2D eigenvalue weighted by atomic mass is 10.1. The van der Waals surface area contributed by atoms with Gasteiger partial charge >= 0.3 is 0 Å². The van der Waals surface area contributed by atoms with Gasteiger partial charge in [-0.15, -0.1) is 0 Å². The molecule has 0 radical (unpaired) electrons. The number of aromatic nitrogens is 2. The number of nitriles is 1. The summed E-state index contributed by atoms with van der Waals surface area (Å²) in [6.45, 7) is 3.98. The first-order valence-corrected chi connectivity index (χ1v) is 4.73. The molecule has 1 aromatic carbocycles. The smallest absolute Gasteiger partial charge is 0.0991 e. The largest absolute Gasteiger partial charge is 0.240 e. The van der Waals surface area contributed by atoms with Crippen LogP contribution in [0.15, 0.2) is 30.6 Å². The molecule has 3 nitrogen and oxygen atoms in total. The fourth-order valence-electron chi connectivity index (χ4n) is 1.53. The third-order valence-corrected chi connectivity index (χ3v) is 2.28. The molecule has 2 rings (SSSR count). The molecule has 15 heavy (non-hydrogen) atoms. The van der Waals surface area contributed by atoms with Gasteiger partial charge in [0.15, 0.2) is 0 Å². The van der Waals surface area contributed by atoms with Crippen molar-refractivity contribution in [3.63, 3.8) is 0 Å². The van der Waals surface area contributed by atoms with E-state index in [0.29, 0.717) is 5.56 Å². The molecule has 0 aliphatic carbocycles. The summed E-state index contributed by atoms with van der Waals surface area (Å²) in [7, 11) is 0. The van der Waals surface area contributed by atoms with Gasteiger partial charge in [-0.3, -0.25) is 0 Å². The SMILES string of the molecule is Cc1cnn(-c2ccc(C#N)cc2C)c1. The van der Waals surface area contributed by atoms with Gasteiger partial charge < -0.3 is 0 Å². The summed E-state index contributed by atoms with van der Waals surface area (Å²) in [6.07, 6.45) is 3.78. The van der Waals surface area contributed by atoms with Crippen molar-refractivity contribution in [2.75, 3.05) is 0 Å². The van der Waals surface area contributed by atoms with Gasteiger partial charge in [-0.25, -0.2) is 4.68 Å². The highest BCUT2D eigenvalue weighted by Gasteiger charge is 2.02. The first-order valence-electron chi connectivity index (χ1n) is 4.73. The summed E-state index contributed by atoms with van der Waals surface area (Å²) in [5, 5.41) is 13.0. The Hall–Kier alpha value is -2.08. The van der Waals surface area contributed by atoms with Crippen molar-refractivity contribution in [3.05, 3.63) is 47.3 Å². The minimum Gasteiger partial charge on any atom is -0.240 e. The summed E-state index contributed by atoms with van der Waals surface area (Å²) in [4.78, 5) is 0. The molecule has 0 amide bonds. The molecule has 0 aliphatic rings. The Morgan fingerprint density at radius 3 is 2.67 bits per heavy atom. The average Bonchev–Trinajstić information content (AvgIpc) is 2.64. The zero-order chi connectivity index (χ0) is 10.8. The third kappa shape index (κ3) is 1.75. The molecule has 0 saturated carbocycles. The Morgan fingerprint density at radius 2 is 2.13 bits per heavy atom. The van der Waals surface area contributed by atoms with E-state index >= 15 is 0 Å². The molecule has 0 aliphatic heterocycles. The first kappa shape index (κ1) is 9.47. The molecule has 0 N–H and O–H groups in total. The van der Waals surface area contributed by atoms with E-state index in [1.807, 2.05) is 43.1 Å². The average molecular weight is 197 g/mol. The van der Waals surface area contributed by atoms with Crippen LogP contribution in [-0.4, -0.2) is 9.78 Å². The zero-order valence-electron chi connectivity index (χ0n) is 8.73. The molecule has 0 saturated heterocycles. The van der Waals surface area contributed by atoms with Crippen LogP contribution in [-0.2, 0) is 0 Å². The van der Waals surface area contributed by atoms with Crippen molar-refractivity contribution >= 4 is 0 Å². The summed E-state index contributed by atoms with van der Waals surface area (Å²) in [5.41, 5.74) is 3.87. The monoisotopic (exact) mass is 197 g/mol. The second-order valence-electron chi connectivity index (χ2n) is 3.58. The van der Waals surface area contributed by atoms with E-state index in [1.165, 1.54) is 0 Å². The molecule has 0 bridgehead atoms. The van der Waals surface area contributed by atoms with Crippen LogP contribution in [0.2, 0.25) is 0 Å². The normalized spacial score (nSPS) is 9.93. The molecule has 74 valence electrons. The fourth-order valence-corrected chi connectivity index (χ4v) is 1.53. The quantitative estimate of drug-likeness (QED) is 0.704. The maximum Gasteiger partial charge on any atom is 0.0991 e. The maximum absolute atomic E-state index is 8.76. The van der Waals surface area contributed by atoms with Crippen molar-refractivity contribution in [1.29, 1.82) is 5.26 Å². The molecule has 0 spiro atoms. The summed E-state index contributed by atoms with van der Waals surface area (Å²) in [5.74, 6) is 0. The predicted octanol–water partition coefficient (Wildman–Crippen LogP) is 2.36. The van der Waals surface area contributed by atoms with Gasteiger partial charge in [-0.1, -0.05) is 0 Å². The molecule has 0 fully saturated rings. The van der Waals surface area contributed by atoms with Crippen LogP contribution >= 0.6 is 0 Å². The molecule has 0 atom stereocenters. The summed E-state index contributed by atoms with van der Waals surface area (Å²) < 4.78 is 1.83. The van der Waals surface area contributed by atoms with Crippen LogP contribution in [0.3, 0.4) is 0 Å². The van der Waals surface area contributed by atoms with Crippen molar-refractivity contribution in [3.8, 4) is 11.8 Å². The third-order valence-electron chi connectivity index (χ3n) is 2.28. The van der Waals surface area contributed by atoms with Gasteiger partial charge in [0, 0.05) is 6.20 Å². The highest BCUT2D eigenvalue weighted by molar-refractivity contribution is 5.45. The van der Waals surface area contributed by atoms with Crippen molar-refractivity contribution in [2.45, 2.75) is 13.8 Å². The number of rotatable bonds is 1. The Balaban J connectivity index is 2.51. The van der Waals surface area contributed by atoms with Crippen LogP contribution in [0, 0.1) is 25.2 Å². The van der Waals surface area contributed by atoms with Gasteiger partial charge in [-0.2, -0.15) is 10.4 Å². The van der Waals surface area contributed by atoms with Gasteiger partial charge in [0.25, 0.3) is 0 Å². The molecule has 1 aromatic heterocycles. The van der Waals surface area contributed by atoms with Crippen molar-refractivity contribution in [2.24, 2.45) is 0 Å². The molecule has 1 heterocycles. The lowest BCUT2D eigenvalue weighted by Gasteiger charge is -2.05. The Bertz CT molecular complexity index is 532. The second-order valence-corrected chi connectivity index (χ2v) is 3.58. The van der Waals surface area contributed by atoms with Crippen LogP contribution in [0.5, 0.6) is 0 Å².